The van der Waals surface area contributed by atoms with E-state index < -0.39 is 25.4 Å². The molecule has 0 heterocycles. The number of hydrogen-bond acceptors (Lipinski definition) is 3. The summed E-state index contributed by atoms with van der Waals surface area (Å²) in [5.74, 6) is 0. The van der Waals surface area contributed by atoms with Gasteiger partial charge in [-0.2, -0.15) is 0 Å². The van der Waals surface area contributed by atoms with Crippen LogP contribution in [0.2, 0.25) is 0 Å². The molecule has 0 aliphatic rings. The highest BCUT2D eigenvalue weighted by atomic mass is 31.2. The number of hydrogen-bond donors (Lipinski definition) is 0. The third-order valence-electron chi connectivity index (χ3n) is 11.5. The highest BCUT2D eigenvalue weighted by molar-refractivity contribution is 7.41. The molecule has 58 heavy (non-hydrogen) atoms. The van der Waals surface area contributed by atoms with Gasteiger partial charge < -0.3 is 0 Å². The molecular formula is C54H63O3P. The van der Waals surface area contributed by atoms with E-state index in [1.165, 1.54) is 0 Å². The Morgan fingerprint density at radius 3 is 0.655 bits per heavy atom. The third kappa shape index (κ3) is 10.4. The lowest BCUT2D eigenvalue weighted by Gasteiger charge is -2.45. The summed E-state index contributed by atoms with van der Waals surface area (Å²) in [6.45, 7) is 6.80. The van der Waals surface area contributed by atoms with Crippen molar-refractivity contribution < 1.29 is 13.6 Å². The topological polar surface area (TPSA) is 27.7 Å². The zero-order valence-electron chi connectivity index (χ0n) is 35.0. The van der Waals surface area contributed by atoms with E-state index in [0.717, 1.165) is 110 Å². The van der Waals surface area contributed by atoms with Crippen LogP contribution in [0.25, 0.3) is 0 Å². The summed E-state index contributed by atoms with van der Waals surface area (Å²) in [7, 11) is -2.13. The van der Waals surface area contributed by atoms with Crippen LogP contribution < -0.4 is 0 Å². The molecular weight excluding hydrogens is 728 g/mol. The van der Waals surface area contributed by atoms with Gasteiger partial charge in [-0.05, 0) is 71.9 Å². The van der Waals surface area contributed by atoms with Gasteiger partial charge in [-0.15, -0.1) is 0 Å². The molecule has 6 aromatic carbocycles. The van der Waals surface area contributed by atoms with Gasteiger partial charge in [0, 0.05) is 0 Å². The Balaban J connectivity index is 1.64. The summed E-state index contributed by atoms with van der Waals surface area (Å²) < 4.78 is 24.0. The molecule has 0 aliphatic heterocycles. The van der Waals surface area contributed by atoms with Crippen LogP contribution in [0.3, 0.4) is 0 Å². The van der Waals surface area contributed by atoms with Crippen molar-refractivity contribution in [2.24, 2.45) is 0 Å². The minimum Gasteiger partial charge on any atom is -0.296 e. The van der Waals surface area contributed by atoms with Crippen molar-refractivity contribution in [1.82, 2.24) is 0 Å². The first-order chi connectivity index (χ1) is 28.6. The number of unbranched alkanes of at least 4 members (excludes halogenated alkanes) is 6. The largest absolute Gasteiger partial charge is 0.336 e. The Morgan fingerprint density at radius 1 is 0.293 bits per heavy atom. The fourth-order valence-electron chi connectivity index (χ4n) is 8.37. The molecule has 0 saturated heterocycles. The van der Waals surface area contributed by atoms with Crippen LogP contribution in [-0.4, -0.2) is 0 Å². The lowest BCUT2D eigenvalue weighted by Crippen LogP contribution is -2.37. The molecule has 0 bridgehead atoms. The van der Waals surface area contributed by atoms with Crippen LogP contribution in [0.5, 0.6) is 0 Å². The molecule has 0 unspecified atom stereocenters. The van der Waals surface area contributed by atoms with Crippen molar-refractivity contribution in [3.8, 4) is 0 Å². The van der Waals surface area contributed by atoms with E-state index in [0.29, 0.717) is 0 Å². The van der Waals surface area contributed by atoms with E-state index in [1.54, 1.807) is 0 Å². The van der Waals surface area contributed by atoms with Gasteiger partial charge in [0.05, 0.1) is 0 Å². The first-order valence-electron chi connectivity index (χ1n) is 21.8. The zero-order valence-corrected chi connectivity index (χ0v) is 35.9. The molecule has 0 atom stereocenters. The van der Waals surface area contributed by atoms with Gasteiger partial charge in [-0.3, -0.25) is 13.6 Å². The van der Waals surface area contributed by atoms with Crippen molar-refractivity contribution in [1.29, 1.82) is 0 Å². The maximum Gasteiger partial charge on any atom is 0.336 e. The summed E-state index contributed by atoms with van der Waals surface area (Å²) in [6.07, 6.45) is 11.9. The van der Waals surface area contributed by atoms with Crippen molar-refractivity contribution in [2.75, 3.05) is 0 Å². The average Bonchev–Trinajstić information content (AvgIpc) is 3.30. The lowest BCUT2D eigenvalue weighted by molar-refractivity contribution is -0.0252. The van der Waals surface area contributed by atoms with Crippen molar-refractivity contribution >= 4 is 8.60 Å². The predicted octanol–water partition coefficient (Wildman–Crippen LogP) is 15.8. The van der Waals surface area contributed by atoms with E-state index in [4.69, 9.17) is 13.6 Å². The van der Waals surface area contributed by atoms with Gasteiger partial charge in [0.15, 0.2) is 0 Å². The molecule has 4 heteroatoms. The summed E-state index contributed by atoms with van der Waals surface area (Å²) in [4.78, 5) is 0. The van der Waals surface area contributed by atoms with E-state index in [2.05, 4.69) is 203 Å². The molecule has 6 aromatic rings. The van der Waals surface area contributed by atoms with E-state index in [-0.39, 0.29) is 0 Å². The molecule has 0 amide bonds. The van der Waals surface area contributed by atoms with Gasteiger partial charge in [-0.25, -0.2) is 0 Å². The minimum absolute atomic E-state index is 0.777. The van der Waals surface area contributed by atoms with Crippen molar-refractivity contribution in [2.45, 2.75) is 115 Å². The second-order valence-electron chi connectivity index (χ2n) is 15.5. The maximum absolute atomic E-state index is 7.99. The first kappa shape index (κ1) is 43.2. The van der Waals surface area contributed by atoms with Gasteiger partial charge in [-0.1, -0.05) is 241 Å². The summed E-state index contributed by atoms with van der Waals surface area (Å²) in [5.41, 5.74) is 4.05. The Kier molecular flexibility index (Phi) is 16.5. The standard InChI is InChI=1S/C54H63O3P/c1-4-7-28-43-52(46-31-16-10-17-32-46,47-33-18-11-19-34-47)55-58(56-53(44-29-8-5-2,48-35-20-12-21-36-48)49-37-22-13-23-38-49)57-54(45-30-9-6-3,50-39-24-14-25-40-50)51-41-26-15-27-42-51/h10-27,31-42H,4-9,28-30,43-45H2,1-3H3. The Morgan fingerprint density at radius 2 is 0.483 bits per heavy atom. The quantitative estimate of drug-likeness (QED) is 0.0451. The molecule has 0 N–H and O–H groups in total. The zero-order chi connectivity index (χ0) is 40.4. The average molecular weight is 791 g/mol. The highest BCUT2D eigenvalue weighted by Gasteiger charge is 2.48. The smallest absolute Gasteiger partial charge is 0.296 e. The maximum atomic E-state index is 7.99. The van der Waals surface area contributed by atoms with Gasteiger partial charge in [0.2, 0.25) is 0 Å². The van der Waals surface area contributed by atoms with Crippen LogP contribution in [0.15, 0.2) is 182 Å². The SMILES string of the molecule is CCCCCC(OP(OC(CCCCC)(c1ccccc1)c1ccccc1)OC(CCCCC)(c1ccccc1)c1ccccc1)(c1ccccc1)c1ccccc1. The lowest BCUT2D eigenvalue weighted by atomic mass is 9.82. The van der Waals surface area contributed by atoms with Crippen LogP contribution in [0.1, 0.15) is 131 Å². The van der Waals surface area contributed by atoms with Gasteiger partial charge >= 0.3 is 8.60 Å². The van der Waals surface area contributed by atoms with Crippen LogP contribution in [0.4, 0.5) is 0 Å². The molecule has 0 spiro atoms. The van der Waals surface area contributed by atoms with Crippen molar-refractivity contribution in [3.05, 3.63) is 215 Å². The van der Waals surface area contributed by atoms with Crippen molar-refractivity contribution in [3.63, 3.8) is 0 Å². The Hall–Kier alpha value is -4.37. The monoisotopic (exact) mass is 790 g/mol. The molecule has 6 rings (SSSR count). The first-order valence-corrected chi connectivity index (χ1v) is 22.9. The molecule has 0 saturated carbocycles. The molecule has 0 radical (unpaired) electrons. The molecule has 0 aliphatic carbocycles. The fraction of sp³-hybridized carbons (Fsp3) is 0.333. The van der Waals surface area contributed by atoms with E-state index in [1.807, 2.05) is 0 Å². The molecule has 0 fully saturated rings. The van der Waals surface area contributed by atoms with E-state index >= 15 is 0 Å². The minimum atomic E-state index is -2.13. The number of rotatable bonds is 24. The number of benzene rings is 6. The normalized spacial score (nSPS) is 12.2. The van der Waals surface area contributed by atoms with Crippen LogP contribution >= 0.6 is 8.60 Å². The summed E-state index contributed by atoms with van der Waals surface area (Å²) in [5, 5.41) is 0. The second-order valence-corrected chi connectivity index (χ2v) is 16.5. The predicted molar refractivity (Wildman–Crippen MR) is 244 cm³/mol. The van der Waals surface area contributed by atoms with Crippen LogP contribution in [0, 0.1) is 0 Å². The Bertz CT molecular complexity index is 1640. The fourth-order valence-corrected chi connectivity index (χ4v) is 10.2. The van der Waals surface area contributed by atoms with Gasteiger partial charge in [0.25, 0.3) is 0 Å². The summed E-state index contributed by atoms with van der Waals surface area (Å²) >= 11 is 0. The van der Waals surface area contributed by atoms with Gasteiger partial charge in [0.1, 0.15) is 16.8 Å². The highest BCUT2D eigenvalue weighted by Crippen LogP contribution is 2.62. The van der Waals surface area contributed by atoms with E-state index in [9.17, 15) is 0 Å². The molecule has 0 aromatic heterocycles. The third-order valence-corrected chi connectivity index (χ3v) is 12.9. The Labute approximate surface area is 350 Å². The molecule has 3 nitrogen and oxygen atoms in total. The summed E-state index contributed by atoms with van der Waals surface area (Å²) in [6, 6.07) is 64.8. The van der Waals surface area contributed by atoms with Crippen LogP contribution in [-0.2, 0) is 30.4 Å². The second kappa shape index (κ2) is 22.1. The molecule has 302 valence electrons.